The summed E-state index contributed by atoms with van der Waals surface area (Å²) in [5, 5.41) is 4.57. The number of morpholine rings is 1. The molecule has 3 amide bonds. The molecule has 0 saturated carbocycles. The van der Waals surface area contributed by atoms with E-state index < -0.39 is 34.0 Å². The minimum Gasteiger partial charge on any atom is -0.449 e. The lowest BCUT2D eigenvalue weighted by atomic mass is 10.2. The minimum absolute atomic E-state index is 0.0431. The zero-order valence-corrected chi connectivity index (χ0v) is 19.1. The Morgan fingerprint density at radius 3 is 2.13 bits per heavy atom. The zero-order chi connectivity index (χ0) is 23.3. The third kappa shape index (κ3) is 6.74. The smallest absolute Gasteiger partial charge is 0.338 e. The Bertz CT molecular complexity index is 905. The van der Waals surface area contributed by atoms with Crippen LogP contribution < -0.4 is 10.6 Å². The summed E-state index contributed by atoms with van der Waals surface area (Å²) in [6.45, 7) is 8.90. The topological polar surface area (TPSA) is 131 Å². The first-order valence-corrected chi connectivity index (χ1v) is 11.4. The third-order valence-corrected chi connectivity index (χ3v) is 6.27. The van der Waals surface area contributed by atoms with Crippen molar-refractivity contribution in [2.75, 3.05) is 13.1 Å². The van der Waals surface area contributed by atoms with Gasteiger partial charge in [-0.1, -0.05) is 0 Å². The molecule has 0 spiro atoms. The molecule has 10 nitrogen and oxygen atoms in total. The van der Waals surface area contributed by atoms with Gasteiger partial charge in [-0.2, -0.15) is 4.31 Å². The van der Waals surface area contributed by atoms with Crippen molar-refractivity contribution in [3.8, 4) is 0 Å². The summed E-state index contributed by atoms with van der Waals surface area (Å²) in [5.41, 5.74) is 0.0777. The van der Waals surface area contributed by atoms with Crippen LogP contribution in [0.5, 0.6) is 0 Å². The molecule has 1 heterocycles. The number of nitrogens with zero attached hydrogens (tertiary/aromatic N) is 1. The molecule has 1 aliphatic heterocycles. The number of amides is 3. The van der Waals surface area contributed by atoms with Gasteiger partial charge < -0.3 is 14.8 Å². The lowest BCUT2D eigenvalue weighted by molar-refractivity contribution is -0.127. The summed E-state index contributed by atoms with van der Waals surface area (Å²) in [5.74, 6) is -1.59. The summed E-state index contributed by atoms with van der Waals surface area (Å²) < 4.78 is 37.7. The highest BCUT2D eigenvalue weighted by Crippen LogP contribution is 2.21. The number of imide groups is 1. The molecule has 3 unspecified atom stereocenters. The van der Waals surface area contributed by atoms with Crippen LogP contribution in [-0.2, 0) is 24.3 Å². The molecule has 172 valence electrons. The molecule has 3 atom stereocenters. The van der Waals surface area contributed by atoms with Crippen molar-refractivity contribution in [2.45, 2.75) is 63.9 Å². The monoisotopic (exact) mass is 455 g/mol. The van der Waals surface area contributed by atoms with Gasteiger partial charge in [0, 0.05) is 19.1 Å². The Morgan fingerprint density at radius 2 is 1.61 bits per heavy atom. The molecule has 1 aliphatic rings. The van der Waals surface area contributed by atoms with Crippen LogP contribution in [0.4, 0.5) is 4.79 Å². The maximum Gasteiger partial charge on any atom is 0.338 e. The summed E-state index contributed by atoms with van der Waals surface area (Å²) in [7, 11) is -3.74. The summed E-state index contributed by atoms with van der Waals surface area (Å²) >= 11 is 0. The number of urea groups is 1. The lowest BCUT2D eigenvalue weighted by Crippen LogP contribution is -2.48. The van der Waals surface area contributed by atoms with Crippen molar-refractivity contribution in [1.29, 1.82) is 0 Å². The lowest BCUT2D eigenvalue weighted by Gasteiger charge is -2.34. The molecular weight excluding hydrogens is 426 g/mol. The Kier molecular flexibility index (Phi) is 8.15. The molecule has 1 saturated heterocycles. The fraction of sp³-hybridized carbons (Fsp3) is 0.550. The van der Waals surface area contributed by atoms with Crippen molar-refractivity contribution in [3.63, 3.8) is 0 Å². The van der Waals surface area contributed by atoms with E-state index in [0.717, 1.165) is 0 Å². The van der Waals surface area contributed by atoms with Gasteiger partial charge in [-0.15, -0.1) is 0 Å². The summed E-state index contributed by atoms with van der Waals surface area (Å²) in [4.78, 5) is 35.9. The number of carbonyl (C=O) groups excluding carboxylic acids is 3. The molecule has 0 aliphatic carbocycles. The zero-order valence-electron chi connectivity index (χ0n) is 18.2. The van der Waals surface area contributed by atoms with E-state index in [1.165, 1.54) is 35.5 Å². The van der Waals surface area contributed by atoms with Gasteiger partial charge in [0.25, 0.3) is 5.91 Å². The van der Waals surface area contributed by atoms with Gasteiger partial charge in [0.15, 0.2) is 6.10 Å². The Morgan fingerprint density at radius 1 is 1.06 bits per heavy atom. The fourth-order valence-electron chi connectivity index (χ4n) is 3.03. The first-order chi connectivity index (χ1) is 14.4. The van der Waals surface area contributed by atoms with Crippen molar-refractivity contribution in [2.24, 2.45) is 0 Å². The van der Waals surface area contributed by atoms with E-state index in [1.54, 1.807) is 27.7 Å². The van der Waals surface area contributed by atoms with E-state index in [-0.39, 0.29) is 41.8 Å². The average molecular weight is 456 g/mol. The first kappa shape index (κ1) is 24.8. The van der Waals surface area contributed by atoms with Crippen LogP contribution in [0.3, 0.4) is 0 Å². The molecule has 0 bridgehead atoms. The Labute approximate surface area is 182 Å². The molecule has 1 fully saturated rings. The second-order valence-corrected chi connectivity index (χ2v) is 9.71. The quantitative estimate of drug-likeness (QED) is 0.618. The van der Waals surface area contributed by atoms with Crippen LogP contribution in [-0.4, -0.2) is 68.1 Å². The number of esters is 1. The van der Waals surface area contributed by atoms with Crippen LogP contribution in [0.25, 0.3) is 0 Å². The van der Waals surface area contributed by atoms with Gasteiger partial charge in [0.2, 0.25) is 10.0 Å². The number of hydrogen-bond acceptors (Lipinski definition) is 7. The predicted octanol–water partition coefficient (Wildman–Crippen LogP) is 1.26. The normalized spacial score (nSPS) is 20.7. The first-order valence-electron chi connectivity index (χ1n) is 9.98. The van der Waals surface area contributed by atoms with E-state index in [2.05, 4.69) is 10.6 Å². The van der Waals surface area contributed by atoms with Gasteiger partial charge in [-0.3, -0.25) is 10.1 Å². The van der Waals surface area contributed by atoms with E-state index in [9.17, 15) is 22.8 Å². The van der Waals surface area contributed by atoms with Crippen molar-refractivity contribution in [3.05, 3.63) is 29.8 Å². The molecule has 11 heteroatoms. The number of rotatable bonds is 6. The van der Waals surface area contributed by atoms with Crippen molar-refractivity contribution >= 4 is 27.9 Å². The largest absolute Gasteiger partial charge is 0.449 e. The Hall–Kier alpha value is -2.50. The summed E-state index contributed by atoms with van der Waals surface area (Å²) in [6.07, 6.45) is -1.66. The average Bonchev–Trinajstić information content (AvgIpc) is 2.66. The second kappa shape index (κ2) is 10.2. The van der Waals surface area contributed by atoms with Crippen LogP contribution in [0, 0.1) is 0 Å². The number of sulfonamides is 1. The molecule has 2 rings (SSSR count). The predicted molar refractivity (Wildman–Crippen MR) is 112 cm³/mol. The molecule has 2 N–H and O–H groups in total. The van der Waals surface area contributed by atoms with Gasteiger partial charge in [0.05, 0.1) is 22.7 Å². The maximum atomic E-state index is 12.9. The maximum absolute atomic E-state index is 12.9. The number of nitrogens with one attached hydrogen (secondary N) is 2. The number of hydrogen-bond donors (Lipinski definition) is 2. The highest BCUT2D eigenvalue weighted by atomic mass is 32.2. The van der Waals surface area contributed by atoms with Crippen LogP contribution in [0.15, 0.2) is 29.2 Å². The number of benzene rings is 1. The van der Waals surface area contributed by atoms with E-state index in [0.29, 0.717) is 0 Å². The van der Waals surface area contributed by atoms with Crippen LogP contribution in [0.2, 0.25) is 0 Å². The number of ether oxygens (including phenoxy) is 2. The standard InChI is InChI=1S/C20H29N3O7S/c1-12(2)21-20(26)22-18(24)15(5)30-19(25)16-6-8-17(9-7-16)31(27,28)23-10-13(3)29-14(4)11-23/h6-9,12-15H,10-11H2,1-5H3,(H2,21,22,24,26). The van der Waals surface area contributed by atoms with Gasteiger partial charge in [0.1, 0.15) is 0 Å². The molecule has 1 aromatic carbocycles. The highest BCUT2D eigenvalue weighted by molar-refractivity contribution is 7.89. The third-order valence-electron chi connectivity index (χ3n) is 4.42. The van der Waals surface area contributed by atoms with Gasteiger partial charge >= 0.3 is 12.0 Å². The van der Waals surface area contributed by atoms with Gasteiger partial charge in [-0.05, 0) is 58.9 Å². The minimum atomic E-state index is -3.74. The highest BCUT2D eigenvalue weighted by Gasteiger charge is 2.32. The SMILES string of the molecule is CC(C)NC(=O)NC(=O)C(C)OC(=O)c1ccc(S(=O)(=O)N2CC(C)OC(C)C2)cc1. The van der Waals surface area contributed by atoms with Crippen molar-refractivity contribution in [1.82, 2.24) is 14.9 Å². The second-order valence-electron chi connectivity index (χ2n) is 7.77. The van der Waals surface area contributed by atoms with E-state index in [1.807, 2.05) is 0 Å². The van der Waals surface area contributed by atoms with E-state index in [4.69, 9.17) is 9.47 Å². The van der Waals surface area contributed by atoms with E-state index >= 15 is 0 Å². The molecule has 1 aromatic rings. The van der Waals surface area contributed by atoms with Gasteiger partial charge in [-0.25, -0.2) is 18.0 Å². The summed E-state index contributed by atoms with van der Waals surface area (Å²) in [6, 6.07) is 4.42. The molecule has 0 radical (unpaired) electrons. The van der Waals surface area contributed by atoms with Crippen LogP contribution >= 0.6 is 0 Å². The molecule has 31 heavy (non-hydrogen) atoms. The fourth-order valence-corrected chi connectivity index (χ4v) is 4.62. The Balaban J connectivity index is 2.01. The molecule has 0 aromatic heterocycles. The van der Waals surface area contributed by atoms with Crippen LogP contribution in [0.1, 0.15) is 45.0 Å². The molecular formula is C20H29N3O7S. The number of carbonyl (C=O) groups is 3. The van der Waals surface area contributed by atoms with Crippen molar-refractivity contribution < 1.29 is 32.3 Å².